The van der Waals surface area contributed by atoms with Gasteiger partial charge >= 0.3 is 0 Å². The van der Waals surface area contributed by atoms with Gasteiger partial charge in [0.1, 0.15) is 17.5 Å². The molecule has 0 saturated carbocycles. The first-order chi connectivity index (χ1) is 8.11. The number of nitrogens with zero attached hydrogens (tertiary/aromatic N) is 1. The average Bonchev–Trinajstić information content (AvgIpc) is 2.60. The van der Waals surface area contributed by atoms with Gasteiger partial charge in [0, 0.05) is 17.2 Å². The van der Waals surface area contributed by atoms with Crippen LogP contribution < -0.4 is 5.73 Å². The number of aromatic amines is 1. The molecule has 0 aliphatic rings. The Labute approximate surface area is 97.7 Å². The highest BCUT2D eigenvalue weighted by Gasteiger charge is 2.13. The Balaban J connectivity index is 2.52. The monoisotopic (exact) mass is 237 g/mol. The van der Waals surface area contributed by atoms with Crippen LogP contribution in [0.5, 0.6) is 0 Å². The number of halogens is 2. The normalized spacial score (nSPS) is 10.8. The summed E-state index contributed by atoms with van der Waals surface area (Å²) in [7, 11) is 0. The molecule has 0 radical (unpaired) electrons. The molecule has 2 rings (SSSR count). The van der Waals surface area contributed by atoms with Gasteiger partial charge in [-0.05, 0) is 18.6 Å². The molecule has 3 N–H and O–H groups in total. The number of benzene rings is 1. The van der Waals surface area contributed by atoms with Gasteiger partial charge < -0.3 is 5.73 Å². The zero-order valence-electron chi connectivity index (χ0n) is 9.43. The van der Waals surface area contributed by atoms with Crippen molar-refractivity contribution in [1.29, 1.82) is 0 Å². The highest BCUT2D eigenvalue weighted by atomic mass is 19.1. The lowest BCUT2D eigenvalue weighted by atomic mass is 10.0. The van der Waals surface area contributed by atoms with E-state index in [-0.39, 0.29) is 0 Å². The summed E-state index contributed by atoms with van der Waals surface area (Å²) in [5.74, 6) is -0.849. The van der Waals surface area contributed by atoms with Crippen molar-refractivity contribution in [2.45, 2.75) is 19.8 Å². The molecule has 0 aliphatic carbocycles. The van der Waals surface area contributed by atoms with E-state index in [1.807, 2.05) is 6.92 Å². The lowest BCUT2D eigenvalue weighted by Gasteiger charge is -2.03. The van der Waals surface area contributed by atoms with Gasteiger partial charge in [-0.15, -0.1) is 0 Å². The van der Waals surface area contributed by atoms with E-state index in [0.717, 1.165) is 24.5 Å². The number of anilines is 1. The third kappa shape index (κ3) is 2.27. The fourth-order valence-corrected chi connectivity index (χ4v) is 1.82. The summed E-state index contributed by atoms with van der Waals surface area (Å²) in [4.78, 5) is 0. The molecule has 0 bridgehead atoms. The summed E-state index contributed by atoms with van der Waals surface area (Å²) < 4.78 is 26.3. The van der Waals surface area contributed by atoms with Gasteiger partial charge in [0.05, 0.1) is 5.69 Å². The molecule has 5 heteroatoms. The topological polar surface area (TPSA) is 54.7 Å². The molecule has 0 fully saturated rings. The van der Waals surface area contributed by atoms with Crippen LogP contribution in [0.15, 0.2) is 18.2 Å². The lowest BCUT2D eigenvalue weighted by molar-refractivity contribution is 0.584. The van der Waals surface area contributed by atoms with Crippen molar-refractivity contribution < 1.29 is 8.78 Å². The van der Waals surface area contributed by atoms with Crippen LogP contribution in [0.2, 0.25) is 0 Å². The summed E-state index contributed by atoms with van der Waals surface area (Å²) in [6.45, 7) is 2.00. The molecule has 1 heterocycles. The van der Waals surface area contributed by atoms with E-state index in [2.05, 4.69) is 10.2 Å². The van der Waals surface area contributed by atoms with E-state index in [0.29, 0.717) is 17.1 Å². The molecule has 3 nitrogen and oxygen atoms in total. The first-order valence-electron chi connectivity index (χ1n) is 5.41. The Morgan fingerprint density at radius 2 is 1.88 bits per heavy atom. The molecule has 0 unspecified atom stereocenters. The van der Waals surface area contributed by atoms with E-state index >= 15 is 0 Å². The van der Waals surface area contributed by atoms with Crippen molar-refractivity contribution in [2.75, 3.05) is 5.73 Å². The van der Waals surface area contributed by atoms with Crippen LogP contribution in [-0.4, -0.2) is 10.2 Å². The van der Waals surface area contributed by atoms with Crippen molar-refractivity contribution in [3.63, 3.8) is 0 Å². The van der Waals surface area contributed by atoms with Crippen molar-refractivity contribution in [3.05, 3.63) is 35.4 Å². The molecular weight excluding hydrogens is 224 g/mol. The van der Waals surface area contributed by atoms with Gasteiger partial charge in [0.2, 0.25) is 0 Å². The number of H-pyrrole nitrogens is 1. The maximum absolute atomic E-state index is 13.1. The first-order valence-corrected chi connectivity index (χ1v) is 5.41. The van der Waals surface area contributed by atoms with Gasteiger partial charge in [0.25, 0.3) is 0 Å². The molecule has 0 saturated heterocycles. The van der Waals surface area contributed by atoms with E-state index in [9.17, 15) is 8.78 Å². The Hall–Kier alpha value is -1.91. The number of aromatic nitrogens is 2. The van der Waals surface area contributed by atoms with Crippen LogP contribution in [0.3, 0.4) is 0 Å². The molecule has 90 valence electrons. The van der Waals surface area contributed by atoms with E-state index in [1.165, 1.54) is 12.1 Å². The number of nitrogens with one attached hydrogen (secondary N) is 1. The van der Waals surface area contributed by atoms with Gasteiger partial charge in [-0.3, -0.25) is 5.10 Å². The highest BCUT2D eigenvalue weighted by molar-refractivity contribution is 5.68. The summed E-state index contributed by atoms with van der Waals surface area (Å²) in [6, 6.07) is 3.35. The smallest absolute Gasteiger partial charge is 0.149 e. The number of hydrogen-bond acceptors (Lipinski definition) is 2. The number of nitrogens with two attached hydrogens (primary N) is 1. The minimum Gasteiger partial charge on any atom is -0.382 e. The van der Waals surface area contributed by atoms with E-state index in [1.54, 1.807) is 0 Å². The van der Waals surface area contributed by atoms with Crippen LogP contribution >= 0.6 is 0 Å². The molecule has 1 aromatic heterocycles. The molecular formula is C12H13F2N3. The quantitative estimate of drug-likeness (QED) is 0.862. The molecule has 1 aromatic carbocycles. The Morgan fingerprint density at radius 3 is 2.47 bits per heavy atom. The zero-order chi connectivity index (χ0) is 12.4. The Kier molecular flexibility index (Phi) is 3.08. The van der Waals surface area contributed by atoms with Crippen LogP contribution in [0.25, 0.3) is 11.3 Å². The molecule has 0 atom stereocenters. The fourth-order valence-electron chi connectivity index (χ4n) is 1.82. The second-order valence-corrected chi connectivity index (χ2v) is 3.87. The second kappa shape index (κ2) is 4.53. The second-order valence-electron chi connectivity index (χ2n) is 3.87. The van der Waals surface area contributed by atoms with Crippen LogP contribution in [0, 0.1) is 11.6 Å². The molecule has 0 spiro atoms. The third-order valence-electron chi connectivity index (χ3n) is 2.55. The third-order valence-corrected chi connectivity index (χ3v) is 2.55. The molecule has 0 amide bonds. The summed E-state index contributed by atoms with van der Waals surface area (Å²) in [5, 5.41) is 6.60. The van der Waals surface area contributed by atoms with Gasteiger partial charge in [-0.1, -0.05) is 13.3 Å². The maximum Gasteiger partial charge on any atom is 0.149 e. The van der Waals surface area contributed by atoms with Gasteiger partial charge in [-0.2, -0.15) is 5.10 Å². The average molecular weight is 237 g/mol. The largest absolute Gasteiger partial charge is 0.382 e. The van der Waals surface area contributed by atoms with Gasteiger partial charge in [-0.25, -0.2) is 8.78 Å². The van der Waals surface area contributed by atoms with E-state index in [4.69, 9.17) is 5.73 Å². The molecule has 0 aliphatic heterocycles. The van der Waals surface area contributed by atoms with Crippen LogP contribution in [0.1, 0.15) is 18.9 Å². The minimum atomic E-state index is -0.615. The SMILES string of the molecule is CCCc1c(N)n[nH]c1-c1cc(F)cc(F)c1. The predicted octanol–water partition coefficient (Wildman–Crippen LogP) is 2.89. The molecule has 17 heavy (non-hydrogen) atoms. The van der Waals surface area contributed by atoms with E-state index < -0.39 is 11.6 Å². The Morgan fingerprint density at radius 1 is 1.24 bits per heavy atom. The van der Waals surface area contributed by atoms with Crippen molar-refractivity contribution in [1.82, 2.24) is 10.2 Å². The number of hydrogen-bond donors (Lipinski definition) is 2. The van der Waals surface area contributed by atoms with Gasteiger partial charge in [0.15, 0.2) is 0 Å². The maximum atomic E-state index is 13.1. The summed E-state index contributed by atoms with van der Waals surface area (Å²) in [5.41, 5.74) is 7.53. The molecule has 2 aromatic rings. The Bertz CT molecular complexity index is 514. The van der Waals surface area contributed by atoms with Crippen molar-refractivity contribution in [2.24, 2.45) is 0 Å². The highest BCUT2D eigenvalue weighted by Crippen LogP contribution is 2.27. The standard InChI is InChI=1S/C12H13F2N3/c1-2-3-10-11(16-17-12(10)15)7-4-8(13)6-9(14)5-7/h4-6H,2-3H2,1H3,(H3,15,16,17). The van der Waals surface area contributed by atoms with Crippen LogP contribution in [0.4, 0.5) is 14.6 Å². The summed E-state index contributed by atoms with van der Waals surface area (Å²) >= 11 is 0. The minimum absolute atomic E-state index is 0.381. The summed E-state index contributed by atoms with van der Waals surface area (Å²) in [6.07, 6.45) is 1.60. The van der Waals surface area contributed by atoms with Crippen molar-refractivity contribution >= 4 is 5.82 Å². The van der Waals surface area contributed by atoms with Crippen LogP contribution in [-0.2, 0) is 6.42 Å². The fraction of sp³-hybridized carbons (Fsp3) is 0.250. The first kappa shape index (κ1) is 11.6. The number of nitrogen functional groups attached to an aromatic ring is 1. The van der Waals surface area contributed by atoms with Crippen molar-refractivity contribution in [3.8, 4) is 11.3 Å². The number of rotatable bonds is 3. The zero-order valence-corrected chi connectivity index (χ0v) is 9.43. The predicted molar refractivity (Wildman–Crippen MR) is 62.3 cm³/mol. The lowest BCUT2D eigenvalue weighted by Crippen LogP contribution is -1.93.